The Bertz CT molecular complexity index is 702. The molecule has 25 heavy (non-hydrogen) atoms. The number of hydrogen-bond acceptors (Lipinski definition) is 5. The van der Waals surface area contributed by atoms with Gasteiger partial charge in [0.1, 0.15) is 12.1 Å². The molecule has 1 atom stereocenters. The number of rotatable bonds is 7. The van der Waals surface area contributed by atoms with E-state index >= 15 is 0 Å². The lowest BCUT2D eigenvalue weighted by atomic mass is 9.91. The molecule has 1 aromatic carbocycles. The molecule has 1 aliphatic rings. The molecule has 0 aliphatic carbocycles. The van der Waals surface area contributed by atoms with Gasteiger partial charge in [0.2, 0.25) is 0 Å². The maximum absolute atomic E-state index is 12.5. The van der Waals surface area contributed by atoms with Crippen molar-refractivity contribution in [2.75, 3.05) is 26.8 Å². The van der Waals surface area contributed by atoms with Crippen molar-refractivity contribution in [1.82, 2.24) is 15.5 Å². The Morgan fingerprint density at radius 2 is 1.88 bits per heavy atom. The quantitative estimate of drug-likeness (QED) is 0.591. The first kappa shape index (κ1) is 18.4. The number of imide groups is 1. The van der Waals surface area contributed by atoms with Crippen molar-refractivity contribution < 1.29 is 29.0 Å². The SMILES string of the molecule is COCCN(CC(=O)O)C(=O)c1ccc(C2(C)NC(=O)NC2=O)cc1. The van der Waals surface area contributed by atoms with Gasteiger partial charge in [0.25, 0.3) is 11.8 Å². The number of nitrogens with one attached hydrogen (secondary N) is 2. The van der Waals surface area contributed by atoms with Crippen molar-refractivity contribution in [2.24, 2.45) is 0 Å². The van der Waals surface area contributed by atoms with Crippen LogP contribution in [0.2, 0.25) is 0 Å². The summed E-state index contributed by atoms with van der Waals surface area (Å²) in [4.78, 5) is 47.8. The number of benzene rings is 1. The molecule has 0 radical (unpaired) electrons. The van der Waals surface area contributed by atoms with Gasteiger partial charge in [-0.05, 0) is 24.6 Å². The Hall–Kier alpha value is -2.94. The molecule has 3 N–H and O–H groups in total. The highest BCUT2D eigenvalue weighted by Gasteiger charge is 2.43. The summed E-state index contributed by atoms with van der Waals surface area (Å²) >= 11 is 0. The van der Waals surface area contributed by atoms with E-state index in [0.29, 0.717) is 5.56 Å². The summed E-state index contributed by atoms with van der Waals surface area (Å²) in [7, 11) is 1.46. The molecule has 134 valence electrons. The van der Waals surface area contributed by atoms with Crippen LogP contribution in [-0.4, -0.2) is 60.6 Å². The predicted octanol–water partition coefficient (Wildman–Crippen LogP) is -0.0856. The zero-order chi connectivity index (χ0) is 18.6. The third-order valence-electron chi connectivity index (χ3n) is 3.93. The third-order valence-corrected chi connectivity index (χ3v) is 3.93. The molecule has 1 saturated heterocycles. The maximum atomic E-state index is 12.5. The summed E-state index contributed by atoms with van der Waals surface area (Å²) in [5.74, 6) is -2.07. The fraction of sp³-hybridized carbons (Fsp3) is 0.375. The van der Waals surface area contributed by atoms with Gasteiger partial charge in [0.15, 0.2) is 0 Å². The van der Waals surface area contributed by atoms with Crippen LogP contribution < -0.4 is 10.6 Å². The zero-order valence-electron chi connectivity index (χ0n) is 13.9. The molecule has 1 aromatic rings. The minimum absolute atomic E-state index is 0.138. The van der Waals surface area contributed by atoms with Gasteiger partial charge >= 0.3 is 12.0 Å². The number of hydrogen-bond donors (Lipinski definition) is 3. The minimum atomic E-state index is -1.21. The van der Waals surface area contributed by atoms with Gasteiger partial charge in [-0.1, -0.05) is 12.1 Å². The van der Waals surface area contributed by atoms with Crippen LogP contribution in [0.15, 0.2) is 24.3 Å². The number of carboxylic acids is 1. The second-order valence-corrected chi connectivity index (χ2v) is 5.72. The molecule has 0 saturated carbocycles. The van der Waals surface area contributed by atoms with Crippen molar-refractivity contribution in [3.8, 4) is 0 Å². The lowest BCUT2D eigenvalue weighted by molar-refractivity contribution is -0.137. The van der Waals surface area contributed by atoms with Gasteiger partial charge in [-0.2, -0.15) is 0 Å². The molecule has 2 rings (SSSR count). The number of amides is 4. The number of carbonyl (C=O) groups excluding carboxylic acids is 3. The summed E-state index contributed by atoms with van der Waals surface area (Å²) in [6.07, 6.45) is 0. The topological polar surface area (TPSA) is 125 Å². The average molecular weight is 349 g/mol. The van der Waals surface area contributed by atoms with Crippen LogP contribution in [0.3, 0.4) is 0 Å². The number of urea groups is 1. The van der Waals surface area contributed by atoms with Gasteiger partial charge < -0.3 is 20.1 Å². The molecule has 1 aliphatic heterocycles. The summed E-state index contributed by atoms with van der Waals surface area (Å²) in [6, 6.07) is 5.49. The molecule has 1 unspecified atom stereocenters. The number of ether oxygens (including phenoxy) is 1. The number of methoxy groups -OCH3 is 1. The van der Waals surface area contributed by atoms with E-state index < -0.39 is 35.9 Å². The molecule has 4 amide bonds. The summed E-state index contributed by atoms with van der Waals surface area (Å²) in [5.41, 5.74) is -0.432. The Morgan fingerprint density at radius 1 is 1.24 bits per heavy atom. The van der Waals surface area contributed by atoms with E-state index in [9.17, 15) is 19.2 Å². The third kappa shape index (κ3) is 3.94. The van der Waals surface area contributed by atoms with E-state index in [1.54, 1.807) is 19.1 Å². The minimum Gasteiger partial charge on any atom is -0.480 e. The average Bonchev–Trinajstić information content (AvgIpc) is 2.84. The van der Waals surface area contributed by atoms with E-state index in [2.05, 4.69) is 10.6 Å². The van der Waals surface area contributed by atoms with E-state index in [1.807, 2.05) is 0 Å². The van der Waals surface area contributed by atoms with Crippen LogP contribution in [0.1, 0.15) is 22.8 Å². The van der Waals surface area contributed by atoms with Crippen molar-refractivity contribution in [2.45, 2.75) is 12.5 Å². The molecule has 0 bridgehead atoms. The van der Waals surface area contributed by atoms with E-state index in [4.69, 9.17) is 9.84 Å². The predicted molar refractivity (Wildman–Crippen MR) is 85.9 cm³/mol. The standard InChI is InChI=1S/C16H19N3O6/c1-16(14(23)17-15(24)18-16)11-5-3-10(4-6-11)13(22)19(7-8-25-2)9-12(20)21/h3-6H,7-9H2,1-2H3,(H,20,21)(H2,17,18,23,24). The van der Waals surface area contributed by atoms with Gasteiger partial charge in [0.05, 0.1) is 6.61 Å². The van der Waals surface area contributed by atoms with E-state index in [-0.39, 0.29) is 18.7 Å². The zero-order valence-corrected chi connectivity index (χ0v) is 13.9. The van der Waals surface area contributed by atoms with Crippen molar-refractivity contribution in [1.29, 1.82) is 0 Å². The molecule has 9 nitrogen and oxygen atoms in total. The lowest BCUT2D eigenvalue weighted by Crippen LogP contribution is -2.40. The highest BCUT2D eigenvalue weighted by Crippen LogP contribution is 2.24. The van der Waals surface area contributed by atoms with Gasteiger partial charge in [0, 0.05) is 19.2 Å². The summed E-state index contributed by atoms with van der Waals surface area (Å²) in [6.45, 7) is 1.46. The van der Waals surface area contributed by atoms with Crippen LogP contribution in [0.4, 0.5) is 4.79 Å². The Balaban J connectivity index is 2.20. The first-order valence-corrected chi connectivity index (χ1v) is 7.52. The summed E-state index contributed by atoms with van der Waals surface area (Å²) < 4.78 is 4.89. The number of nitrogens with zero attached hydrogens (tertiary/aromatic N) is 1. The normalized spacial score (nSPS) is 19.3. The molecule has 1 heterocycles. The smallest absolute Gasteiger partial charge is 0.323 e. The van der Waals surface area contributed by atoms with Crippen molar-refractivity contribution in [3.05, 3.63) is 35.4 Å². The molecule has 9 heteroatoms. The van der Waals surface area contributed by atoms with Crippen LogP contribution in [-0.2, 0) is 19.9 Å². The van der Waals surface area contributed by atoms with Crippen molar-refractivity contribution >= 4 is 23.8 Å². The number of carboxylic acid groups (broad SMARTS) is 1. The van der Waals surface area contributed by atoms with Crippen molar-refractivity contribution in [3.63, 3.8) is 0 Å². The van der Waals surface area contributed by atoms with Crippen LogP contribution >= 0.6 is 0 Å². The second kappa shape index (κ2) is 7.31. The fourth-order valence-electron chi connectivity index (χ4n) is 2.49. The summed E-state index contributed by atoms with van der Waals surface area (Å²) in [5, 5.41) is 13.6. The van der Waals surface area contributed by atoms with E-state index in [0.717, 1.165) is 4.90 Å². The first-order valence-electron chi connectivity index (χ1n) is 7.52. The molecular formula is C16H19N3O6. The Morgan fingerprint density at radius 3 is 2.36 bits per heavy atom. The highest BCUT2D eigenvalue weighted by atomic mass is 16.5. The highest BCUT2D eigenvalue weighted by molar-refractivity contribution is 6.07. The number of carbonyl (C=O) groups is 4. The van der Waals surface area contributed by atoms with Gasteiger partial charge in [-0.15, -0.1) is 0 Å². The fourth-order valence-corrected chi connectivity index (χ4v) is 2.49. The first-order chi connectivity index (χ1) is 11.8. The van der Waals surface area contributed by atoms with Gasteiger partial charge in [-0.25, -0.2) is 4.79 Å². The lowest BCUT2D eigenvalue weighted by Gasteiger charge is -2.23. The second-order valence-electron chi connectivity index (χ2n) is 5.72. The monoisotopic (exact) mass is 349 g/mol. The molecule has 1 fully saturated rings. The largest absolute Gasteiger partial charge is 0.480 e. The molecular weight excluding hydrogens is 330 g/mol. The number of aliphatic carboxylic acids is 1. The molecule has 0 aromatic heterocycles. The Kier molecular flexibility index (Phi) is 5.38. The van der Waals surface area contributed by atoms with Crippen LogP contribution in [0.5, 0.6) is 0 Å². The van der Waals surface area contributed by atoms with Crippen LogP contribution in [0.25, 0.3) is 0 Å². The van der Waals surface area contributed by atoms with E-state index in [1.165, 1.54) is 19.2 Å². The molecule has 0 spiro atoms. The van der Waals surface area contributed by atoms with Crippen LogP contribution in [0, 0.1) is 0 Å². The van der Waals surface area contributed by atoms with Gasteiger partial charge in [-0.3, -0.25) is 19.7 Å². The Labute approximate surface area is 143 Å². The maximum Gasteiger partial charge on any atom is 0.323 e.